The van der Waals surface area contributed by atoms with Crippen LogP contribution in [-0.4, -0.2) is 16.8 Å². The Balaban J connectivity index is 2.66. The predicted octanol–water partition coefficient (Wildman–Crippen LogP) is 2.24. The Labute approximate surface area is 84.4 Å². The predicted molar refractivity (Wildman–Crippen MR) is 55.0 cm³/mol. The standard InChI is InChI=1S/C11H16N2O/c1-8-4-5-9(11(8,2)3)6-10(14)7-13-12/h4,7,9H,5-6H2,1-3H3. The van der Waals surface area contributed by atoms with Gasteiger partial charge in [0.25, 0.3) is 0 Å². The highest BCUT2D eigenvalue weighted by molar-refractivity contribution is 6.25. The van der Waals surface area contributed by atoms with Crippen molar-refractivity contribution < 1.29 is 9.58 Å². The van der Waals surface area contributed by atoms with E-state index in [-0.39, 0.29) is 11.2 Å². The van der Waals surface area contributed by atoms with Crippen LogP contribution in [0.5, 0.6) is 0 Å². The van der Waals surface area contributed by atoms with Gasteiger partial charge < -0.3 is 5.53 Å². The molecule has 0 aromatic heterocycles. The fourth-order valence-electron chi connectivity index (χ4n) is 1.90. The quantitative estimate of drug-likeness (QED) is 0.293. The van der Waals surface area contributed by atoms with Crippen LogP contribution in [0.25, 0.3) is 5.53 Å². The summed E-state index contributed by atoms with van der Waals surface area (Å²) in [7, 11) is 0. The molecule has 0 saturated carbocycles. The highest BCUT2D eigenvalue weighted by Gasteiger charge is 2.36. The van der Waals surface area contributed by atoms with Crippen LogP contribution >= 0.6 is 0 Å². The summed E-state index contributed by atoms with van der Waals surface area (Å²) in [5.74, 6) is 0.238. The lowest BCUT2D eigenvalue weighted by Gasteiger charge is -2.28. The third-order valence-corrected chi connectivity index (χ3v) is 3.39. The van der Waals surface area contributed by atoms with Crippen molar-refractivity contribution in [3.63, 3.8) is 0 Å². The van der Waals surface area contributed by atoms with Crippen LogP contribution < -0.4 is 0 Å². The Kier molecular flexibility index (Phi) is 3.02. The maximum atomic E-state index is 11.3. The number of Topliss-reactive ketones (excluding diaryl/α,β-unsaturated/α-hetero) is 1. The summed E-state index contributed by atoms with van der Waals surface area (Å²) < 4.78 is 0. The van der Waals surface area contributed by atoms with Crippen molar-refractivity contribution in [1.29, 1.82) is 0 Å². The van der Waals surface area contributed by atoms with Gasteiger partial charge in [0.1, 0.15) is 0 Å². The number of allylic oxidation sites excluding steroid dienone is 2. The van der Waals surface area contributed by atoms with Crippen molar-refractivity contribution in [1.82, 2.24) is 0 Å². The Hall–Kier alpha value is -1.21. The molecular formula is C11H16N2O. The summed E-state index contributed by atoms with van der Waals surface area (Å²) >= 11 is 0. The SMILES string of the molecule is CC1=CCC(CC(=O)C=[N+]=[N-])C1(C)C. The molecule has 0 radical (unpaired) electrons. The lowest BCUT2D eigenvalue weighted by atomic mass is 9.75. The normalized spacial score (nSPS) is 23.9. The first-order valence-corrected chi connectivity index (χ1v) is 4.86. The number of rotatable bonds is 3. The molecule has 0 bridgehead atoms. The van der Waals surface area contributed by atoms with Gasteiger partial charge in [0.15, 0.2) is 0 Å². The average Bonchev–Trinajstić information content (AvgIpc) is 2.32. The number of carbonyl (C=O) groups is 1. The Morgan fingerprint density at radius 3 is 2.86 bits per heavy atom. The minimum atomic E-state index is -0.103. The summed E-state index contributed by atoms with van der Waals surface area (Å²) in [5.41, 5.74) is 9.67. The molecule has 14 heavy (non-hydrogen) atoms. The molecule has 1 unspecified atom stereocenters. The van der Waals surface area contributed by atoms with Crippen molar-refractivity contribution in [3.05, 3.63) is 17.2 Å². The summed E-state index contributed by atoms with van der Waals surface area (Å²) in [6.07, 6.45) is 4.59. The molecule has 0 saturated heterocycles. The molecule has 1 aliphatic rings. The maximum absolute atomic E-state index is 11.3. The molecule has 0 heterocycles. The number of carbonyl (C=O) groups excluding carboxylic acids is 1. The van der Waals surface area contributed by atoms with Crippen LogP contribution in [0, 0.1) is 11.3 Å². The van der Waals surface area contributed by atoms with Gasteiger partial charge in [-0.05, 0) is 24.7 Å². The molecule has 1 atom stereocenters. The van der Waals surface area contributed by atoms with Crippen LogP contribution in [0.15, 0.2) is 11.6 Å². The van der Waals surface area contributed by atoms with E-state index in [2.05, 4.69) is 31.6 Å². The van der Waals surface area contributed by atoms with Crippen molar-refractivity contribution in [2.24, 2.45) is 11.3 Å². The summed E-state index contributed by atoms with van der Waals surface area (Å²) in [5, 5.41) is 0. The summed E-state index contributed by atoms with van der Waals surface area (Å²) in [6, 6.07) is 0. The van der Waals surface area contributed by atoms with Gasteiger partial charge in [0.05, 0.1) is 0 Å². The molecule has 3 heteroatoms. The molecule has 0 aromatic carbocycles. The van der Waals surface area contributed by atoms with Gasteiger partial charge in [0, 0.05) is 6.42 Å². The molecule has 0 aromatic rings. The van der Waals surface area contributed by atoms with Crippen LogP contribution in [-0.2, 0) is 4.79 Å². The van der Waals surface area contributed by atoms with Gasteiger partial charge in [-0.25, -0.2) is 0 Å². The highest BCUT2D eigenvalue weighted by atomic mass is 16.1. The fraction of sp³-hybridized carbons (Fsp3) is 0.636. The van der Waals surface area contributed by atoms with Gasteiger partial charge in [-0.3, -0.25) is 4.79 Å². The van der Waals surface area contributed by atoms with Gasteiger partial charge in [-0.1, -0.05) is 25.5 Å². The number of hydrogen-bond acceptors (Lipinski definition) is 1. The minimum absolute atomic E-state index is 0.0962. The zero-order valence-corrected chi connectivity index (χ0v) is 8.95. The second-order valence-corrected chi connectivity index (χ2v) is 4.46. The summed E-state index contributed by atoms with van der Waals surface area (Å²) in [6.45, 7) is 6.41. The first-order chi connectivity index (χ1) is 6.48. The maximum Gasteiger partial charge on any atom is 0.323 e. The van der Waals surface area contributed by atoms with E-state index in [1.807, 2.05) is 0 Å². The van der Waals surface area contributed by atoms with E-state index < -0.39 is 0 Å². The zero-order valence-electron chi connectivity index (χ0n) is 8.95. The van der Waals surface area contributed by atoms with E-state index in [1.165, 1.54) is 5.57 Å². The van der Waals surface area contributed by atoms with E-state index in [9.17, 15) is 4.79 Å². The van der Waals surface area contributed by atoms with Crippen LogP contribution in [0.2, 0.25) is 0 Å². The topological polar surface area (TPSA) is 53.5 Å². The van der Waals surface area contributed by atoms with Crippen LogP contribution in [0.4, 0.5) is 0 Å². The minimum Gasteiger partial charge on any atom is -0.361 e. The average molecular weight is 192 g/mol. The Morgan fingerprint density at radius 2 is 2.43 bits per heavy atom. The smallest absolute Gasteiger partial charge is 0.323 e. The van der Waals surface area contributed by atoms with Crippen molar-refractivity contribution in [2.45, 2.75) is 33.6 Å². The first kappa shape index (κ1) is 10.9. The molecule has 0 fully saturated rings. The molecule has 0 amide bonds. The number of ketones is 1. The molecule has 3 nitrogen and oxygen atoms in total. The highest BCUT2D eigenvalue weighted by Crippen LogP contribution is 2.44. The number of nitrogens with zero attached hydrogens (tertiary/aromatic N) is 2. The molecule has 0 aliphatic heterocycles. The van der Waals surface area contributed by atoms with Gasteiger partial charge >= 0.3 is 6.21 Å². The molecular weight excluding hydrogens is 176 g/mol. The van der Waals surface area contributed by atoms with E-state index in [0.29, 0.717) is 12.3 Å². The third-order valence-electron chi connectivity index (χ3n) is 3.39. The lowest BCUT2D eigenvalue weighted by molar-refractivity contribution is -0.117. The molecule has 0 N–H and O–H groups in total. The van der Waals surface area contributed by atoms with Crippen molar-refractivity contribution >= 4 is 12.0 Å². The fourth-order valence-corrected chi connectivity index (χ4v) is 1.90. The second kappa shape index (κ2) is 3.89. The van der Waals surface area contributed by atoms with E-state index in [4.69, 9.17) is 5.53 Å². The van der Waals surface area contributed by atoms with Gasteiger partial charge in [-0.2, -0.15) is 4.79 Å². The zero-order chi connectivity index (χ0) is 10.8. The lowest BCUT2D eigenvalue weighted by Crippen LogP contribution is -2.23. The van der Waals surface area contributed by atoms with Crippen LogP contribution in [0.1, 0.15) is 33.6 Å². The number of hydrogen-bond donors (Lipinski definition) is 0. The van der Waals surface area contributed by atoms with Gasteiger partial charge in [0.2, 0.25) is 5.78 Å². The van der Waals surface area contributed by atoms with Crippen LogP contribution in [0.3, 0.4) is 0 Å². The second-order valence-electron chi connectivity index (χ2n) is 4.46. The first-order valence-electron chi connectivity index (χ1n) is 4.86. The van der Waals surface area contributed by atoms with E-state index in [1.54, 1.807) is 0 Å². The van der Waals surface area contributed by atoms with Crippen molar-refractivity contribution in [2.75, 3.05) is 0 Å². The summed E-state index contributed by atoms with van der Waals surface area (Å²) in [4.78, 5) is 14.0. The molecule has 1 rings (SSSR count). The Bertz CT molecular complexity index is 322. The Morgan fingerprint density at radius 1 is 1.79 bits per heavy atom. The third kappa shape index (κ3) is 1.99. The largest absolute Gasteiger partial charge is 0.361 e. The molecule has 76 valence electrons. The molecule has 1 aliphatic carbocycles. The monoisotopic (exact) mass is 192 g/mol. The molecule has 0 spiro atoms. The van der Waals surface area contributed by atoms with Crippen molar-refractivity contribution in [3.8, 4) is 0 Å². The van der Waals surface area contributed by atoms with E-state index >= 15 is 0 Å². The van der Waals surface area contributed by atoms with Gasteiger partial charge in [-0.15, -0.1) is 0 Å². The van der Waals surface area contributed by atoms with E-state index in [0.717, 1.165) is 12.6 Å².